The number of carbonyl (C=O) groups excluding carboxylic acids is 2. The first-order valence-corrected chi connectivity index (χ1v) is 11.8. The van der Waals surface area contributed by atoms with E-state index in [1.165, 1.54) is 4.90 Å². The topological polar surface area (TPSA) is 76.1 Å². The molecule has 1 aliphatic rings. The molecular weight excluding hydrogens is 498 g/mol. The number of nitrogens with zero attached hydrogens (tertiary/aromatic N) is 1. The Kier molecular flexibility index (Phi) is 7.03. The van der Waals surface area contributed by atoms with Gasteiger partial charge >= 0.3 is 0 Å². The molecule has 0 bridgehead atoms. The van der Waals surface area contributed by atoms with E-state index in [4.69, 9.17) is 9.47 Å². The number of amides is 1. The van der Waals surface area contributed by atoms with Crippen LogP contribution >= 0.6 is 15.9 Å². The summed E-state index contributed by atoms with van der Waals surface area (Å²) in [5.74, 6) is -0.421. The SMILES string of the molecule is CCOc1ccc(N2C(=O)C(=O)/C(=C(\O)c3ccc(Br)cc3)C2c2cccc(OCC)c2)cc1. The van der Waals surface area contributed by atoms with Crippen LogP contribution in [0.2, 0.25) is 0 Å². The number of carbonyl (C=O) groups is 2. The van der Waals surface area contributed by atoms with Gasteiger partial charge in [0.1, 0.15) is 17.3 Å². The van der Waals surface area contributed by atoms with Crippen LogP contribution in [0.4, 0.5) is 5.69 Å². The van der Waals surface area contributed by atoms with Crippen LogP contribution in [0.15, 0.2) is 82.8 Å². The summed E-state index contributed by atoms with van der Waals surface area (Å²) in [7, 11) is 0. The van der Waals surface area contributed by atoms with Crippen LogP contribution in [0.3, 0.4) is 0 Å². The highest BCUT2D eigenvalue weighted by molar-refractivity contribution is 9.10. The van der Waals surface area contributed by atoms with E-state index in [2.05, 4.69) is 15.9 Å². The van der Waals surface area contributed by atoms with E-state index in [0.29, 0.717) is 41.5 Å². The molecule has 1 atom stereocenters. The van der Waals surface area contributed by atoms with Crippen molar-refractivity contribution < 1.29 is 24.2 Å². The molecule has 1 amide bonds. The largest absolute Gasteiger partial charge is 0.507 e. The molecule has 7 heteroatoms. The molecule has 1 unspecified atom stereocenters. The van der Waals surface area contributed by atoms with Crippen molar-refractivity contribution in [1.29, 1.82) is 0 Å². The minimum absolute atomic E-state index is 0.0230. The number of rotatable bonds is 7. The molecule has 1 saturated heterocycles. The first-order valence-electron chi connectivity index (χ1n) is 11.0. The van der Waals surface area contributed by atoms with Crippen LogP contribution in [0, 0.1) is 0 Å². The summed E-state index contributed by atoms with van der Waals surface area (Å²) >= 11 is 3.38. The Labute approximate surface area is 206 Å². The zero-order valence-corrected chi connectivity index (χ0v) is 20.4. The number of Topliss-reactive ketones (excluding diaryl/α,β-unsaturated/α-hetero) is 1. The average Bonchev–Trinajstić information content (AvgIpc) is 3.11. The van der Waals surface area contributed by atoms with Gasteiger partial charge < -0.3 is 14.6 Å². The summed E-state index contributed by atoms with van der Waals surface area (Å²) in [6.07, 6.45) is 0. The highest BCUT2D eigenvalue weighted by Gasteiger charge is 2.47. The third kappa shape index (κ3) is 4.56. The Bertz CT molecular complexity index is 1230. The van der Waals surface area contributed by atoms with E-state index in [1.807, 2.05) is 26.0 Å². The van der Waals surface area contributed by atoms with E-state index in [1.54, 1.807) is 60.7 Å². The van der Waals surface area contributed by atoms with Gasteiger partial charge in [-0.05, 0) is 67.9 Å². The first-order chi connectivity index (χ1) is 16.4. The standard InChI is InChI=1S/C27H24BrNO5/c1-3-33-21-14-12-20(13-15-21)29-24(18-6-5-7-22(16-18)34-4-2)23(26(31)27(29)32)25(30)17-8-10-19(28)11-9-17/h5-16,24,30H,3-4H2,1-2H3/b25-23-. The van der Waals surface area contributed by atoms with Crippen LogP contribution in [-0.2, 0) is 9.59 Å². The second-order valence-electron chi connectivity index (χ2n) is 7.61. The van der Waals surface area contributed by atoms with Gasteiger partial charge in [0.2, 0.25) is 0 Å². The van der Waals surface area contributed by atoms with E-state index < -0.39 is 17.7 Å². The van der Waals surface area contributed by atoms with E-state index in [9.17, 15) is 14.7 Å². The minimum Gasteiger partial charge on any atom is -0.507 e. The maximum absolute atomic E-state index is 13.3. The third-order valence-electron chi connectivity index (χ3n) is 5.47. The summed E-state index contributed by atoms with van der Waals surface area (Å²) in [6.45, 7) is 4.76. The summed E-state index contributed by atoms with van der Waals surface area (Å²) in [5.41, 5.74) is 1.64. The number of anilines is 1. The lowest BCUT2D eigenvalue weighted by molar-refractivity contribution is -0.132. The molecule has 0 saturated carbocycles. The molecule has 34 heavy (non-hydrogen) atoms. The van der Waals surface area contributed by atoms with Crippen molar-refractivity contribution in [2.75, 3.05) is 18.1 Å². The second-order valence-corrected chi connectivity index (χ2v) is 8.52. The molecule has 174 valence electrons. The van der Waals surface area contributed by atoms with Crippen LogP contribution < -0.4 is 14.4 Å². The number of aliphatic hydroxyl groups is 1. The molecule has 1 N–H and O–H groups in total. The Hall–Kier alpha value is -3.58. The smallest absolute Gasteiger partial charge is 0.300 e. The van der Waals surface area contributed by atoms with E-state index >= 15 is 0 Å². The van der Waals surface area contributed by atoms with Gasteiger partial charge in [0.05, 0.1) is 24.8 Å². The average molecular weight is 522 g/mol. The molecule has 0 radical (unpaired) electrons. The fourth-order valence-electron chi connectivity index (χ4n) is 3.99. The van der Waals surface area contributed by atoms with Crippen LogP contribution in [-0.4, -0.2) is 30.0 Å². The fourth-order valence-corrected chi connectivity index (χ4v) is 4.25. The number of hydrogen-bond acceptors (Lipinski definition) is 5. The normalized spacial score (nSPS) is 17.1. The molecule has 4 rings (SSSR count). The lowest BCUT2D eigenvalue weighted by Crippen LogP contribution is -2.29. The minimum atomic E-state index is -0.831. The molecular formula is C27H24BrNO5. The molecule has 3 aromatic carbocycles. The van der Waals surface area contributed by atoms with Crippen molar-refractivity contribution in [1.82, 2.24) is 0 Å². The van der Waals surface area contributed by atoms with Gasteiger partial charge in [-0.2, -0.15) is 0 Å². The van der Waals surface area contributed by atoms with Gasteiger partial charge in [-0.3, -0.25) is 14.5 Å². The number of ketones is 1. The molecule has 6 nitrogen and oxygen atoms in total. The van der Waals surface area contributed by atoms with Crippen LogP contribution in [0.5, 0.6) is 11.5 Å². The molecule has 3 aromatic rings. The predicted octanol–water partition coefficient (Wildman–Crippen LogP) is 5.87. The van der Waals surface area contributed by atoms with Gasteiger partial charge in [0.25, 0.3) is 11.7 Å². The zero-order valence-electron chi connectivity index (χ0n) is 18.8. The molecule has 1 fully saturated rings. The number of halogens is 1. The number of ether oxygens (including phenoxy) is 2. The maximum Gasteiger partial charge on any atom is 0.300 e. The van der Waals surface area contributed by atoms with Crippen molar-refractivity contribution in [3.05, 3.63) is 94.0 Å². The van der Waals surface area contributed by atoms with Crippen LogP contribution in [0.25, 0.3) is 5.76 Å². The quantitative estimate of drug-likeness (QED) is 0.239. The van der Waals surface area contributed by atoms with Crippen molar-refractivity contribution >= 4 is 39.1 Å². The number of hydrogen-bond donors (Lipinski definition) is 1. The van der Waals surface area contributed by atoms with Crippen molar-refractivity contribution in [2.45, 2.75) is 19.9 Å². The van der Waals surface area contributed by atoms with Gasteiger partial charge in [-0.1, -0.05) is 40.2 Å². The molecule has 0 aromatic heterocycles. The molecule has 0 spiro atoms. The Morgan fingerprint density at radius 1 is 0.912 bits per heavy atom. The Balaban J connectivity index is 1.89. The number of benzene rings is 3. The Morgan fingerprint density at radius 3 is 2.21 bits per heavy atom. The molecule has 0 aliphatic carbocycles. The highest BCUT2D eigenvalue weighted by atomic mass is 79.9. The van der Waals surface area contributed by atoms with Gasteiger partial charge in [-0.15, -0.1) is 0 Å². The predicted molar refractivity (Wildman–Crippen MR) is 134 cm³/mol. The lowest BCUT2D eigenvalue weighted by atomic mass is 9.95. The Morgan fingerprint density at radius 2 is 1.56 bits per heavy atom. The third-order valence-corrected chi connectivity index (χ3v) is 6.00. The molecule has 1 aliphatic heterocycles. The summed E-state index contributed by atoms with van der Waals surface area (Å²) in [4.78, 5) is 27.9. The van der Waals surface area contributed by atoms with E-state index in [-0.39, 0.29) is 11.3 Å². The number of aliphatic hydroxyl groups excluding tert-OH is 1. The highest BCUT2D eigenvalue weighted by Crippen LogP contribution is 2.43. The summed E-state index contributed by atoms with van der Waals surface area (Å²) in [6, 6.07) is 20.3. The molecule has 1 heterocycles. The van der Waals surface area contributed by atoms with Gasteiger partial charge in [0.15, 0.2) is 0 Å². The zero-order chi connectivity index (χ0) is 24.2. The van der Waals surface area contributed by atoms with Crippen molar-refractivity contribution in [2.24, 2.45) is 0 Å². The summed E-state index contributed by atoms with van der Waals surface area (Å²) in [5, 5.41) is 11.2. The monoisotopic (exact) mass is 521 g/mol. The van der Waals surface area contributed by atoms with E-state index in [0.717, 1.165) is 4.47 Å². The lowest BCUT2D eigenvalue weighted by Gasteiger charge is -2.26. The second kappa shape index (κ2) is 10.1. The van der Waals surface area contributed by atoms with Gasteiger partial charge in [-0.25, -0.2) is 0 Å². The van der Waals surface area contributed by atoms with Crippen molar-refractivity contribution in [3.63, 3.8) is 0 Å². The first kappa shape index (κ1) is 23.6. The fraction of sp³-hybridized carbons (Fsp3) is 0.185. The maximum atomic E-state index is 13.3. The van der Waals surface area contributed by atoms with Gasteiger partial charge in [0, 0.05) is 15.7 Å². The van der Waals surface area contributed by atoms with Crippen molar-refractivity contribution in [3.8, 4) is 11.5 Å². The van der Waals surface area contributed by atoms with Crippen LogP contribution in [0.1, 0.15) is 31.0 Å². The summed E-state index contributed by atoms with van der Waals surface area (Å²) < 4.78 is 12.0.